The van der Waals surface area contributed by atoms with Crippen LogP contribution < -0.4 is 5.73 Å². The predicted octanol–water partition coefficient (Wildman–Crippen LogP) is 1.66. The van der Waals surface area contributed by atoms with Gasteiger partial charge in [0.1, 0.15) is 0 Å². The number of amides is 1. The van der Waals surface area contributed by atoms with Gasteiger partial charge in [-0.15, -0.1) is 0 Å². The predicted molar refractivity (Wildman–Crippen MR) is 62.2 cm³/mol. The SMILES string of the molecule is NC(=O)OCC12CC3CC(CC(CO)(C3)C1)C2. The van der Waals surface area contributed by atoms with Gasteiger partial charge in [0, 0.05) is 12.0 Å². The van der Waals surface area contributed by atoms with Crippen LogP contribution in [-0.4, -0.2) is 24.4 Å². The minimum absolute atomic E-state index is 0.113. The Balaban J connectivity index is 1.80. The standard InChI is InChI=1S/C13H21NO3/c14-11(16)17-8-13-4-9-1-10(5-13)3-12(2-9,6-13)7-15/h9-10,15H,1-8H2,(H2,14,16). The highest BCUT2D eigenvalue weighted by Gasteiger charge is 2.57. The number of nitrogens with two attached hydrogens (primary N) is 1. The van der Waals surface area contributed by atoms with Crippen molar-refractivity contribution in [1.29, 1.82) is 0 Å². The fraction of sp³-hybridized carbons (Fsp3) is 0.923. The van der Waals surface area contributed by atoms with Crippen molar-refractivity contribution in [2.75, 3.05) is 13.2 Å². The van der Waals surface area contributed by atoms with E-state index in [1.807, 2.05) is 0 Å². The van der Waals surface area contributed by atoms with E-state index in [0.717, 1.165) is 31.1 Å². The van der Waals surface area contributed by atoms with Crippen LogP contribution in [0, 0.1) is 22.7 Å². The zero-order chi connectivity index (χ0) is 12.1. The van der Waals surface area contributed by atoms with E-state index < -0.39 is 6.09 Å². The van der Waals surface area contributed by atoms with Crippen LogP contribution in [0.25, 0.3) is 0 Å². The fourth-order valence-electron chi connectivity index (χ4n) is 5.23. The lowest BCUT2D eigenvalue weighted by atomic mass is 9.44. The van der Waals surface area contributed by atoms with Gasteiger partial charge in [0.15, 0.2) is 0 Å². The highest BCUT2D eigenvalue weighted by atomic mass is 16.5. The zero-order valence-electron chi connectivity index (χ0n) is 10.2. The summed E-state index contributed by atoms with van der Waals surface area (Å²) in [6.07, 6.45) is 6.28. The number of ether oxygens (including phenoxy) is 1. The number of primary amides is 1. The second-order valence-electron chi connectivity index (χ2n) is 6.73. The maximum absolute atomic E-state index is 10.8. The monoisotopic (exact) mass is 239 g/mol. The smallest absolute Gasteiger partial charge is 0.404 e. The Morgan fingerprint density at radius 2 is 1.82 bits per heavy atom. The van der Waals surface area contributed by atoms with Gasteiger partial charge >= 0.3 is 6.09 Å². The maximum Gasteiger partial charge on any atom is 0.404 e. The first-order valence-corrected chi connectivity index (χ1v) is 6.58. The lowest BCUT2D eigenvalue weighted by molar-refractivity contribution is -0.144. The molecule has 0 saturated heterocycles. The van der Waals surface area contributed by atoms with Gasteiger partial charge in [0.25, 0.3) is 0 Å². The highest BCUT2D eigenvalue weighted by molar-refractivity contribution is 5.64. The molecular formula is C13H21NO3. The second kappa shape index (κ2) is 3.61. The molecule has 0 aromatic rings. The fourth-order valence-corrected chi connectivity index (χ4v) is 5.23. The molecule has 1 amide bonds. The van der Waals surface area contributed by atoms with E-state index in [-0.39, 0.29) is 10.8 Å². The summed E-state index contributed by atoms with van der Waals surface area (Å²) in [6.45, 7) is 0.745. The molecule has 96 valence electrons. The molecule has 4 rings (SSSR count). The molecule has 0 aromatic heterocycles. The van der Waals surface area contributed by atoms with Gasteiger partial charge in [-0.05, 0) is 55.8 Å². The van der Waals surface area contributed by atoms with Gasteiger partial charge in [-0.1, -0.05) is 0 Å². The van der Waals surface area contributed by atoms with E-state index >= 15 is 0 Å². The molecule has 0 heterocycles. The number of rotatable bonds is 3. The number of aliphatic hydroxyl groups is 1. The molecule has 0 spiro atoms. The molecule has 3 N–H and O–H groups in total. The van der Waals surface area contributed by atoms with Crippen molar-refractivity contribution in [2.45, 2.75) is 38.5 Å². The minimum Gasteiger partial charge on any atom is -0.449 e. The Bertz CT molecular complexity index is 328. The van der Waals surface area contributed by atoms with Crippen LogP contribution in [0.4, 0.5) is 4.79 Å². The quantitative estimate of drug-likeness (QED) is 0.786. The summed E-state index contributed by atoms with van der Waals surface area (Å²) in [7, 11) is 0. The normalized spacial score (nSPS) is 47.1. The lowest BCUT2D eigenvalue weighted by Crippen LogP contribution is -2.55. The van der Waals surface area contributed by atoms with Crippen LogP contribution in [0.2, 0.25) is 0 Å². The third-order valence-corrected chi connectivity index (χ3v) is 5.16. The van der Waals surface area contributed by atoms with Gasteiger partial charge in [-0.2, -0.15) is 0 Å². The van der Waals surface area contributed by atoms with Crippen molar-refractivity contribution in [2.24, 2.45) is 28.4 Å². The minimum atomic E-state index is -0.668. The lowest BCUT2D eigenvalue weighted by Gasteiger charge is -2.61. The van der Waals surface area contributed by atoms with Crippen molar-refractivity contribution in [1.82, 2.24) is 0 Å². The average Bonchev–Trinajstić information content (AvgIpc) is 2.25. The van der Waals surface area contributed by atoms with Gasteiger partial charge in [-0.25, -0.2) is 4.79 Å². The molecule has 4 aliphatic rings. The van der Waals surface area contributed by atoms with Crippen molar-refractivity contribution in [3.8, 4) is 0 Å². The summed E-state index contributed by atoms with van der Waals surface area (Å²) in [5.41, 5.74) is 5.31. The molecule has 4 bridgehead atoms. The average molecular weight is 239 g/mol. The third-order valence-electron chi connectivity index (χ3n) is 5.16. The van der Waals surface area contributed by atoms with Gasteiger partial charge in [0.2, 0.25) is 0 Å². The Morgan fingerprint density at radius 3 is 2.35 bits per heavy atom. The van der Waals surface area contributed by atoms with Crippen molar-refractivity contribution in [3.05, 3.63) is 0 Å². The molecule has 4 nitrogen and oxygen atoms in total. The Hall–Kier alpha value is -0.770. The Kier molecular flexibility index (Phi) is 2.41. The van der Waals surface area contributed by atoms with Crippen molar-refractivity contribution >= 4 is 6.09 Å². The molecule has 2 atom stereocenters. The summed E-state index contributed by atoms with van der Waals surface area (Å²) < 4.78 is 5.07. The largest absolute Gasteiger partial charge is 0.449 e. The molecule has 0 aliphatic heterocycles. The Morgan fingerprint density at radius 1 is 1.24 bits per heavy atom. The molecular weight excluding hydrogens is 218 g/mol. The van der Waals surface area contributed by atoms with Crippen molar-refractivity contribution in [3.63, 3.8) is 0 Å². The number of carbonyl (C=O) groups excluding carboxylic acids is 1. The maximum atomic E-state index is 10.8. The number of aliphatic hydroxyl groups excluding tert-OH is 1. The first-order chi connectivity index (χ1) is 8.05. The summed E-state index contributed by atoms with van der Waals surface area (Å²) in [6, 6.07) is 0. The molecule has 4 aliphatic carbocycles. The molecule has 4 saturated carbocycles. The molecule has 0 aromatic carbocycles. The van der Waals surface area contributed by atoms with Gasteiger partial charge < -0.3 is 15.6 Å². The summed E-state index contributed by atoms with van der Waals surface area (Å²) in [5.74, 6) is 1.44. The molecule has 2 unspecified atom stereocenters. The van der Waals surface area contributed by atoms with Crippen LogP contribution in [0.15, 0.2) is 0 Å². The van der Waals surface area contributed by atoms with E-state index in [0.29, 0.717) is 13.2 Å². The van der Waals surface area contributed by atoms with Gasteiger partial charge in [-0.3, -0.25) is 0 Å². The molecule has 4 heteroatoms. The van der Waals surface area contributed by atoms with E-state index in [2.05, 4.69) is 0 Å². The first-order valence-electron chi connectivity index (χ1n) is 6.58. The second-order valence-corrected chi connectivity index (χ2v) is 6.73. The highest BCUT2D eigenvalue weighted by Crippen LogP contribution is 2.65. The Labute approximate surface area is 102 Å². The topological polar surface area (TPSA) is 72.6 Å². The van der Waals surface area contributed by atoms with Gasteiger partial charge in [0.05, 0.1) is 6.61 Å². The van der Waals surface area contributed by atoms with E-state index in [4.69, 9.17) is 10.5 Å². The van der Waals surface area contributed by atoms with E-state index in [9.17, 15) is 9.90 Å². The van der Waals surface area contributed by atoms with Crippen molar-refractivity contribution < 1.29 is 14.6 Å². The first kappa shape index (κ1) is 11.3. The van der Waals surface area contributed by atoms with Crippen LogP contribution in [0.3, 0.4) is 0 Å². The third kappa shape index (κ3) is 1.82. The number of hydrogen-bond donors (Lipinski definition) is 2. The number of carbonyl (C=O) groups is 1. The summed E-state index contributed by atoms with van der Waals surface area (Å²) >= 11 is 0. The molecule has 4 fully saturated rings. The summed E-state index contributed by atoms with van der Waals surface area (Å²) in [5, 5.41) is 9.69. The van der Waals surface area contributed by atoms with E-state index in [1.54, 1.807) is 0 Å². The summed E-state index contributed by atoms with van der Waals surface area (Å²) in [4.78, 5) is 10.8. The number of hydrogen-bond acceptors (Lipinski definition) is 3. The molecule has 17 heavy (non-hydrogen) atoms. The zero-order valence-corrected chi connectivity index (χ0v) is 10.2. The van der Waals surface area contributed by atoms with Crippen LogP contribution in [0.1, 0.15) is 38.5 Å². The van der Waals surface area contributed by atoms with Crippen LogP contribution >= 0.6 is 0 Å². The van der Waals surface area contributed by atoms with Crippen LogP contribution in [0.5, 0.6) is 0 Å². The van der Waals surface area contributed by atoms with E-state index in [1.165, 1.54) is 19.3 Å². The van der Waals surface area contributed by atoms with Crippen LogP contribution in [-0.2, 0) is 4.74 Å². The molecule has 0 radical (unpaired) electrons.